The van der Waals surface area contributed by atoms with Gasteiger partial charge in [0.05, 0.1) is 5.75 Å². The van der Waals surface area contributed by atoms with Gasteiger partial charge in [-0.25, -0.2) is 0 Å². The lowest BCUT2D eigenvalue weighted by Crippen LogP contribution is -2.14. The van der Waals surface area contributed by atoms with Crippen LogP contribution in [-0.4, -0.2) is 28.5 Å². The van der Waals surface area contributed by atoms with Crippen molar-refractivity contribution in [2.24, 2.45) is 0 Å². The Morgan fingerprint density at radius 3 is 2.74 bits per heavy atom. The van der Waals surface area contributed by atoms with Crippen molar-refractivity contribution in [3.05, 3.63) is 65.2 Å². The number of carbonyl (C=O) groups excluding carboxylic acids is 1. The van der Waals surface area contributed by atoms with Crippen molar-refractivity contribution < 1.29 is 18.3 Å². The molecule has 3 aromatic rings. The molecule has 1 N–H and O–H groups in total. The summed E-state index contributed by atoms with van der Waals surface area (Å²) in [5.74, 6) is 0.0527. The number of halogens is 2. The number of hydrogen-bond donors (Lipinski definition) is 1. The lowest BCUT2D eigenvalue weighted by Gasteiger charge is -2.13. The second-order valence-electron chi connectivity index (χ2n) is 5.40. The van der Waals surface area contributed by atoms with Gasteiger partial charge in [-0.15, -0.1) is 10.2 Å². The molecule has 0 bridgehead atoms. The Morgan fingerprint density at radius 2 is 2.04 bits per heavy atom. The van der Waals surface area contributed by atoms with Gasteiger partial charge in [0.15, 0.2) is 4.34 Å². The molecule has 0 aliphatic rings. The molecular weight excluding hydrogens is 392 g/mol. The van der Waals surface area contributed by atoms with Crippen LogP contribution < -0.4 is 10.1 Å². The number of nitrogens with zero attached hydrogens (tertiary/aromatic N) is 2. The number of rotatable bonds is 8. The number of hydrogen-bond acceptors (Lipinski definition) is 6. The van der Waals surface area contributed by atoms with Crippen LogP contribution in [0.1, 0.15) is 11.1 Å². The second kappa shape index (κ2) is 9.43. The molecule has 0 aliphatic carbocycles. The van der Waals surface area contributed by atoms with Crippen molar-refractivity contribution >= 4 is 34.7 Å². The van der Waals surface area contributed by atoms with Crippen LogP contribution in [0.5, 0.6) is 5.75 Å². The van der Waals surface area contributed by atoms with Crippen LogP contribution in [0.15, 0.2) is 58.4 Å². The number of carbonyl (C=O) groups is 1. The summed E-state index contributed by atoms with van der Waals surface area (Å²) in [5.41, 5.74) is 3.63. The molecular formula is C18H15F2N3O2S2. The standard InChI is InChI=1S/C18H15F2N3O2S2/c19-17(20)25-15-7-6-14(9-13(15)8-12-4-2-1-3-5-12)22-16(24)10-26-18-23-21-11-27-18/h1-7,9,11,17H,8,10H2,(H,22,24). The predicted octanol–water partition coefficient (Wildman–Crippen LogP) is 4.46. The fourth-order valence-corrected chi connectivity index (χ4v) is 3.66. The van der Waals surface area contributed by atoms with Gasteiger partial charge in [-0.1, -0.05) is 53.4 Å². The Hall–Kier alpha value is -2.52. The molecule has 0 fully saturated rings. The number of nitrogens with one attached hydrogen (secondary N) is 1. The monoisotopic (exact) mass is 407 g/mol. The number of amides is 1. The quantitative estimate of drug-likeness (QED) is 0.559. The van der Waals surface area contributed by atoms with Gasteiger partial charge >= 0.3 is 6.61 Å². The maximum Gasteiger partial charge on any atom is 0.387 e. The van der Waals surface area contributed by atoms with E-state index in [0.29, 0.717) is 22.0 Å². The number of alkyl halides is 2. The molecule has 9 heteroatoms. The summed E-state index contributed by atoms with van der Waals surface area (Å²) in [4.78, 5) is 12.1. The topological polar surface area (TPSA) is 64.1 Å². The molecule has 0 radical (unpaired) electrons. The summed E-state index contributed by atoms with van der Waals surface area (Å²) in [5, 5.41) is 10.3. The summed E-state index contributed by atoms with van der Waals surface area (Å²) in [6.07, 6.45) is 0.409. The largest absolute Gasteiger partial charge is 0.435 e. The smallest absolute Gasteiger partial charge is 0.387 e. The highest BCUT2D eigenvalue weighted by Crippen LogP contribution is 2.27. The molecule has 0 unspecified atom stereocenters. The van der Waals surface area contributed by atoms with Gasteiger partial charge in [-0.2, -0.15) is 8.78 Å². The first-order valence-electron chi connectivity index (χ1n) is 7.90. The third-order valence-corrected chi connectivity index (χ3v) is 5.32. The highest BCUT2D eigenvalue weighted by atomic mass is 32.2. The molecule has 0 saturated heterocycles. The minimum absolute atomic E-state index is 0.0927. The molecule has 0 aliphatic heterocycles. The zero-order valence-electron chi connectivity index (χ0n) is 14.0. The van der Waals surface area contributed by atoms with Crippen molar-refractivity contribution in [3.8, 4) is 5.75 Å². The molecule has 1 aromatic heterocycles. The number of benzene rings is 2. The van der Waals surface area contributed by atoms with Gasteiger partial charge < -0.3 is 10.1 Å². The number of thioether (sulfide) groups is 1. The van der Waals surface area contributed by atoms with Crippen LogP contribution in [0.2, 0.25) is 0 Å². The van der Waals surface area contributed by atoms with E-state index in [1.165, 1.54) is 29.2 Å². The van der Waals surface area contributed by atoms with Crippen molar-refractivity contribution in [1.82, 2.24) is 10.2 Å². The van der Waals surface area contributed by atoms with E-state index in [9.17, 15) is 13.6 Å². The first-order valence-corrected chi connectivity index (χ1v) is 9.77. The average molecular weight is 407 g/mol. The summed E-state index contributed by atoms with van der Waals surface area (Å²) < 4.78 is 30.7. The Bertz CT molecular complexity index is 878. The van der Waals surface area contributed by atoms with E-state index in [1.807, 2.05) is 30.3 Å². The van der Waals surface area contributed by atoms with E-state index in [1.54, 1.807) is 17.6 Å². The number of ether oxygens (including phenoxy) is 1. The normalized spacial score (nSPS) is 10.8. The van der Waals surface area contributed by atoms with Crippen LogP contribution >= 0.6 is 23.1 Å². The van der Waals surface area contributed by atoms with Crippen LogP contribution in [0.3, 0.4) is 0 Å². The molecule has 140 valence electrons. The van der Waals surface area contributed by atoms with Crippen molar-refractivity contribution in [1.29, 1.82) is 0 Å². The fourth-order valence-electron chi connectivity index (χ4n) is 2.37. The predicted molar refractivity (Wildman–Crippen MR) is 102 cm³/mol. The first kappa shape index (κ1) is 19.2. The maximum atomic E-state index is 12.7. The summed E-state index contributed by atoms with van der Waals surface area (Å²) in [7, 11) is 0. The molecule has 3 rings (SSSR count). The van der Waals surface area contributed by atoms with Gasteiger partial charge in [-0.05, 0) is 23.8 Å². The zero-order valence-corrected chi connectivity index (χ0v) is 15.6. The summed E-state index contributed by atoms with van der Waals surface area (Å²) >= 11 is 2.64. The number of anilines is 1. The molecule has 27 heavy (non-hydrogen) atoms. The number of aromatic nitrogens is 2. The molecule has 5 nitrogen and oxygen atoms in total. The van der Waals surface area contributed by atoms with Crippen LogP contribution in [0.4, 0.5) is 14.5 Å². The Balaban J connectivity index is 1.71. The minimum Gasteiger partial charge on any atom is -0.435 e. The SMILES string of the molecule is O=C(CSc1nncs1)Nc1ccc(OC(F)F)c(Cc2ccccc2)c1. The highest BCUT2D eigenvalue weighted by Gasteiger charge is 2.13. The van der Waals surface area contributed by atoms with E-state index >= 15 is 0 Å². The highest BCUT2D eigenvalue weighted by molar-refractivity contribution is 8.01. The van der Waals surface area contributed by atoms with Crippen molar-refractivity contribution in [2.45, 2.75) is 17.4 Å². The van der Waals surface area contributed by atoms with Gasteiger partial charge in [0.25, 0.3) is 0 Å². The third-order valence-electron chi connectivity index (χ3n) is 3.46. The van der Waals surface area contributed by atoms with Gasteiger partial charge in [0.2, 0.25) is 5.91 Å². The van der Waals surface area contributed by atoms with Crippen LogP contribution in [-0.2, 0) is 11.2 Å². The van der Waals surface area contributed by atoms with Gasteiger partial charge in [0, 0.05) is 17.7 Å². The van der Waals surface area contributed by atoms with Crippen molar-refractivity contribution in [3.63, 3.8) is 0 Å². The summed E-state index contributed by atoms with van der Waals surface area (Å²) in [6.45, 7) is -2.91. The first-order chi connectivity index (χ1) is 13.1. The Labute approximate surface area is 162 Å². The molecule has 1 heterocycles. The average Bonchev–Trinajstić information content (AvgIpc) is 3.16. The van der Waals surface area contributed by atoms with E-state index in [0.717, 1.165) is 5.56 Å². The molecule has 1 amide bonds. The zero-order chi connectivity index (χ0) is 19.1. The lowest BCUT2D eigenvalue weighted by molar-refractivity contribution is -0.113. The Morgan fingerprint density at radius 1 is 1.22 bits per heavy atom. The van der Waals surface area contributed by atoms with E-state index in [2.05, 4.69) is 20.3 Å². The maximum absolute atomic E-state index is 12.7. The molecule has 0 spiro atoms. The Kier molecular flexibility index (Phi) is 6.72. The second-order valence-corrected chi connectivity index (χ2v) is 7.46. The van der Waals surface area contributed by atoms with Gasteiger partial charge in [0.1, 0.15) is 11.3 Å². The van der Waals surface area contributed by atoms with Crippen LogP contribution in [0, 0.1) is 0 Å². The van der Waals surface area contributed by atoms with E-state index < -0.39 is 6.61 Å². The lowest BCUT2D eigenvalue weighted by atomic mass is 10.0. The third kappa shape index (κ3) is 6.00. The van der Waals surface area contributed by atoms with E-state index in [-0.39, 0.29) is 17.4 Å². The van der Waals surface area contributed by atoms with Gasteiger partial charge in [-0.3, -0.25) is 4.79 Å². The molecule has 0 atom stereocenters. The minimum atomic E-state index is -2.91. The summed E-state index contributed by atoms with van der Waals surface area (Å²) in [6, 6.07) is 14.1. The molecule has 2 aromatic carbocycles. The van der Waals surface area contributed by atoms with E-state index in [4.69, 9.17) is 0 Å². The van der Waals surface area contributed by atoms with Crippen LogP contribution in [0.25, 0.3) is 0 Å². The fraction of sp³-hybridized carbons (Fsp3) is 0.167. The van der Waals surface area contributed by atoms with Crippen molar-refractivity contribution in [2.75, 3.05) is 11.1 Å². The molecule has 0 saturated carbocycles.